The molecule has 10 heteroatoms. The zero-order valence-electron chi connectivity index (χ0n) is 11.9. The van der Waals surface area contributed by atoms with E-state index in [9.17, 15) is 18.0 Å². The van der Waals surface area contributed by atoms with E-state index in [1.54, 1.807) is 0 Å². The van der Waals surface area contributed by atoms with Crippen molar-refractivity contribution in [2.75, 3.05) is 39.1 Å². The lowest BCUT2D eigenvalue weighted by atomic mass is 10.1. The van der Waals surface area contributed by atoms with Gasteiger partial charge in [-0.05, 0) is 6.42 Å². The molecule has 0 aromatic carbocycles. The van der Waals surface area contributed by atoms with Gasteiger partial charge in [0, 0.05) is 19.6 Å². The van der Waals surface area contributed by atoms with Crippen LogP contribution in [0.1, 0.15) is 12.8 Å². The molecule has 0 saturated carbocycles. The van der Waals surface area contributed by atoms with Gasteiger partial charge >= 0.3 is 12.0 Å². The first-order valence-corrected chi connectivity index (χ1v) is 8.47. The molecule has 0 bridgehead atoms. The molecule has 0 aromatic rings. The zero-order valence-corrected chi connectivity index (χ0v) is 12.7. The predicted octanol–water partition coefficient (Wildman–Crippen LogP) is -1.19. The number of amides is 2. The van der Waals surface area contributed by atoms with E-state index in [-0.39, 0.29) is 25.6 Å². The van der Waals surface area contributed by atoms with Crippen LogP contribution in [0.5, 0.6) is 0 Å². The average Bonchev–Trinajstić information content (AvgIpc) is 2.36. The standard InChI is InChI=1S/C11H21N3O6S/c1-21(18,19)13-4-2-3-12-11(17)14-5-6-20-8-9(14)7-10(15)16/h9,13H,2-8H2,1H3,(H,12,17)(H,15,16). The summed E-state index contributed by atoms with van der Waals surface area (Å²) in [7, 11) is -3.22. The summed E-state index contributed by atoms with van der Waals surface area (Å²) in [6.07, 6.45) is 1.35. The molecule has 1 atom stereocenters. The molecule has 9 nitrogen and oxygen atoms in total. The number of nitrogens with zero attached hydrogens (tertiary/aromatic N) is 1. The van der Waals surface area contributed by atoms with Gasteiger partial charge in [0.1, 0.15) is 0 Å². The molecule has 122 valence electrons. The molecule has 0 spiro atoms. The Kier molecular flexibility index (Phi) is 6.85. The number of rotatable bonds is 7. The number of carboxylic acids is 1. The largest absolute Gasteiger partial charge is 0.481 e. The lowest BCUT2D eigenvalue weighted by Crippen LogP contribution is -2.53. The number of carbonyl (C=O) groups is 2. The van der Waals surface area contributed by atoms with E-state index in [0.717, 1.165) is 6.26 Å². The van der Waals surface area contributed by atoms with Crippen molar-refractivity contribution in [3.8, 4) is 0 Å². The third-order valence-electron chi connectivity index (χ3n) is 2.89. The molecule has 1 aliphatic heterocycles. The molecule has 1 unspecified atom stereocenters. The van der Waals surface area contributed by atoms with Crippen molar-refractivity contribution < 1.29 is 27.9 Å². The molecule has 1 rings (SSSR count). The highest BCUT2D eigenvalue weighted by Crippen LogP contribution is 2.10. The van der Waals surface area contributed by atoms with Gasteiger partial charge in [-0.15, -0.1) is 0 Å². The van der Waals surface area contributed by atoms with E-state index >= 15 is 0 Å². The van der Waals surface area contributed by atoms with Crippen LogP contribution in [0.4, 0.5) is 4.79 Å². The number of hydrogen-bond acceptors (Lipinski definition) is 5. The van der Waals surface area contributed by atoms with Crippen LogP contribution in [0.15, 0.2) is 0 Å². The Morgan fingerprint density at radius 1 is 1.38 bits per heavy atom. The SMILES string of the molecule is CS(=O)(=O)NCCCNC(=O)N1CCOCC1CC(=O)O. The number of urea groups is 1. The maximum atomic E-state index is 12.0. The summed E-state index contributed by atoms with van der Waals surface area (Å²) in [6, 6.07) is -0.839. The molecule has 3 N–H and O–H groups in total. The number of carbonyl (C=O) groups excluding carboxylic acids is 1. The van der Waals surface area contributed by atoms with Crippen LogP contribution in [-0.2, 0) is 19.6 Å². The summed E-state index contributed by atoms with van der Waals surface area (Å²) in [6.45, 7) is 1.46. The first-order chi connectivity index (χ1) is 9.79. The Morgan fingerprint density at radius 2 is 2.10 bits per heavy atom. The van der Waals surface area contributed by atoms with Crippen LogP contribution in [0.25, 0.3) is 0 Å². The Morgan fingerprint density at radius 3 is 2.71 bits per heavy atom. The molecule has 21 heavy (non-hydrogen) atoms. The number of carboxylic acid groups (broad SMARTS) is 1. The number of hydrogen-bond donors (Lipinski definition) is 3. The Bertz CT molecular complexity index is 467. The van der Waals surface area contributed by atoms with E-state index in [4.69, 9.17) is 9.84 Å². The molecule has 0 aliphatic carbocycles. The average molecular weight is 323 g/mol. The Labute approximate surface area is 123 Å². The highest BCUT2D eigenvalue weighted by atomic mass is 32.2. The zero-order chi connectivity index (χ0) is 15.9. The molecular formula is C11H21N3O6S. The molecule has 1 heterocycles. The second-order valence-electron chi connectivity index (χ2n) is 4.77. The minimum absolute atomic E-state index is 0.164. The summed E-state index contributed by atoms with van der Waals surface area (Å²) in [4.78, 5) is 24.2. The van der Waals surface area contributed by atoms with Crippen molar-refractivity contribution >= 4 is 22.0 Å². The second-order valence-corrected chi connectivity index (χ2v) is 6.60. The maximum absolute atomic E-state index is 12.0. The van der Waals surface area contributed by atoms with Gasteiger partial charge in [-0.3, -0.25) is 4.79 Å². The molecule has 0 aromatic heterocycles. The summed E-state index contributed by atoms with van der Waals surface area (Å²) < 4.78 is 29.2. The lowest BCUT2D eigenvalue weighted by Gasteiger charge is -2.34. The maximum Gasteiger partial charge on any atom is 0.317 e. The number of aliphatic carboxylic acids is 1. The van der Waals surface area contributed by atoms with Gasteiger partial charge in [0.15, 0.2) is 0 Å². The highest BCUT2D eigenvalue weighted by molar-refractivity contribution is 7.88. The summed E-state index contributed by atoms with van der Waals surface area (Å²) in [5, 5.41) is 11.5. The van der Waals surface area contributed by atoms with Crippen molar-refractivity contribution in [2.45, 2.75) is 18.9 Å². The van der Waals surface area contributed by atoms with Crippen molar-refractivity contribution in [1.82, 2.24) is 14.9 Å². The molecular weight excluding hydrogens is 302 g/mol. The van der Waals surface area contributed by atoms with E-state index < -0.39 is 22.0 Å². The molecule has 1 aliphatic rings. The minimum Gasteiger partial charge on any atom is -0.481 e. The number of ether oxygens (including phenoxy) is 1. The Balaban J connectivity index is 2.33. The van der Waals surface area contributed by atoms with Crippen LogP contribution in [0, 0.1) is 0 Å². The number of sulfonamides is 1. The van der Waals surface area contributed by atoms with Gasteiger partial charge in [0.25, 0.3) is 0 Å². The predicted molar refractivity (Wildman–Crippen MR) is 74.4 cm³/mol. The number of nitrogens with one attached hydrogen (secondary N) is 2. The van der Waals surface area contributed by atoms with E-state index in [2.05, 4.69) is 10.0 Å². The van der Waals surface area contributed by atoms with Gasteiger partial charge in [0.2, 0.25) is 10.0 Å². The van der Waals surface area contributed by atoms with Crippen LogP contribution < -0.4 is 10.0 Å². The minimum atomic E-state index is -3.22. The van der Waals surface area contributed by atoms with E-state index in [0.29, 0.717) is 26.1 Å². The van der Waals surface area contributed by atoms with Crippen molar-refractivity contribution in [3.63, 3.8) is 0 Å². The summed E-state index contributed by atoms with van der Waals surface area (Å²) in [5.74, 6) is -0.986. The molecule has 1 fully saturated rings. The fourth-order valence-electron chi connectivity index (χ4n) is 1.94. The third kappa shape index (κ3) is 7.25. The molecule has 0 radical (unpaired) electrons. The first-order valence-electron chi connectivity index (χ1n) is 6.58. The van der Waals surface area contributed by atoms with Gasteiger partial charge in [-0.25, -0.2) is 17.9 Å². The quantitative estimate of drug-likeness (QED) is 0.506. The number of morpholine rings is 1. The van der Waals surface area contributed by atoms with E-state index in [1.165, 1.54) is 4.90 Å². The normalized spacial score (nSPS) is 19.3. The fourth-order valence-corrected chi connectivity index (χ4v) is 2.45. The molecule has 2 amide bonds. The summed E-state index contributed by atoms with van der Waals surface area (Å²) in [5.41, 5.74) is 0. The fraction of sp³-hybridized carbons (Fsp3) is 0.818. The van der Waals surface area contributed by atoms with Gasteiger partial charge in [-0.2, -0.15) is 0 Å². The second kappa shape index (κ2) is 8.15. The topological polar surface area (TPSA) is 125 Å². The van der Waals surface area contributed by atoms with Gasteiger partial charge < -0.3 is 20.1 Å². The summed E-state index contributed by atoms with van der Waals surface area (Å²) >= 11 is 0. The Hall–Kier alpha value is -1.39. The van der Waals surface area contributed by atoms with Crippen LogP contribution >= 0.6 is 0 Å². The van der Waals surface area contributed by atoms with Crippen molar-refractivity contribution in [3.05, 3.63) is 0 Å². The highest BCUT2D eigenvalue weighted by Gasteiger charge is 2.28. The third-order valence-corrected chi connectivity index (χ3v) is 3.62. The van der Waals surface area contributed by atoms with Gasteiger partial charge in [-0.1, -0.05) is 0 Å². The van der Waals surface area contributed by atoms with Crippen LogP contribution in [-0.4, -0.2) is 75.6 Å². The van der Waals surface area contributed by atoms with E-state index in [1.807, 2.05) is 0 Å². The van der Waals surface area contributed by atoms with Crippen molar-refractivity contribution in [1.29, 1.82) is 0 Å². The van der Waals surface area contributed by atoms with Crippen molar-refractivity contribution in [2.24, 2.45) is 0 Å². The monoisotopic (exact) mass is 323 g/mol. The van der Waals surface area contributed by atoms with Crippen LogP contribution in [0.3, 0.4) is 0 Å². The lowest BCUT2D eigenvalue weighted by molar-refractivity contribution is -0.139. The van der Waals surface area contributed by atoms with Gasteiger partial charge in [0.05, 0.1) is 31.9 Å². The smallest absolute Gasteiger partial charge is 0.317 e. The first kappa shape index (κ1) is 17.7. The van der Waals surface area contributed by atoms with Crippen LogP contribution in [0.2, 0.25) is 0 Å². The molecule has 1 saturated heterocycles.